The summed E-state index contributed by atoms with van der Waals surface area (Å²) in [6, 6.07) is 3.59. The van der Waals surface area contributed by atoms with Crippen LogP contribution in [0.5, 0.6) is 11.5 Å². The highest BCUT2D eigenvalue weighted by molar-refractivity contribution is 5.73. The number of aliphatic hydroxyl groups excluding tert-OH is 1. The van der Waals surface area contributed by atoms with Crippen LogP contribution in [0.1, 0.15) is 13.3 Å². The summed E-state index contributed by atoms with van der Waals surface area (Å²) in [5, 5.41) is 9.10. The van der Waals surface area contributed by atoms with Crippen LogP contribution >= 0.6 is 0 Å². The van der Waals surface area contributed by atoms with E-state index in [1.165, 1.54) is 0 Å². The van der Waals surface area contributed by atoms with Crippen molar-refractivity contribution in [3.05, 3.63) is 12.1 Å². The van der Waals surface area contributed by atoms with E-state index in [1.54, 1.807) is 20.3 Å². The molecule has 0 saturated heterocycles. The van der Waals surface area contributed by atoms with Gasteiger partial charge in [0.15, 0.2) is 11.5 Å². The fraction of sp³-hybridized carbons (Fsp3) is 0.538. The van der Waals surface area contributed by atoms with Gasteiger partial charge in [-0.05, 0) is 6.42 Å². The number of nitrogen functional groups attached to an aromatic ring is 1. The van der Waals surface area contributed by atoms with Crippen molar-refractivity contribution < 1.29 is 14.6 Å². The van der Waals surface area contributed by atoms with Crippen molar-refractivity contribution in [3.8, 4) is 11.5 Å². The van der Waals surface area contributed by atoms with Gasteiger partial charge in [-0.1, -0.05) is 6.92 Å². The third-order valence-electron chi connectivity index (χ3n) is 2.74. The molecule has 3 N–H and O–H groups in total. The predicted molar refractivity (Wildman–Crippen MR) is 73.5 cm³/mol. The maximum absolute atomic E-state index is 9.10. The molecule has 1 rings (SSSR count). The van der Waals surface area contributed by atoms with Crippen LogP contribution < -0.4 is 20.1 Å². The van der Waals surface area contributed by atoms with Crippen molar-refractivity contribution in [2.45, 2.75) is 13.3 Å². The number of hydrogen-bond acceptors (Lipinski definition) is 5. The van der Waals surface area contributed by atoms with E-state index in [0.717, 1.165) is 18.7 Å². The topological polar surface area (TPSA) is 68.0 Å². The van der Waals surface area contributed by atoms with Crippen LogP contribution in [-0.2, 0) is 0 Å². The quantitative estimate of drug-likeness (QED) is 0.722. The number of aliphatic hydroxyl groups is 1. The summed E-state index contributed by atoms with van der Waals surface area (Å²) >= 11 is 0. The number of methoxy groups -OCH3 is 2. The van der Waals surface area contributed by atoms with Gasteiger partial charge in [0.1, 0.15) is 0 Å². The van der Waals surface area contributed by atoms with Gasteiger partial charge in [0.2, 0.25) is 0 Å². The van der Waals surface area contributed by atoms with Gasteiger partial charge in [0.05, 0.1) is 32.2 Å². The van der Waals surface area contributed by atoms with Gasteiger partial charge in [-0.2, -0.15) is 0 Å². The molecule has 0 aliphatic rings. The van der Waals surface area contributed by atoms with Crippen molar-refractivity contribution in [1.82, 2.24) is 0 Å². The van der Waals surface area contributed by atoms with Crippen molar-refractivity contribution in [2.24, 2.45) is 0 Å². The Morgan fingerprint density at radius 3 is 2.28 bits per heavy atom. The van der Waals surface area contributed by atoms with Crippen LogP contribution in [0, 0.1) is 0 Å². The van der Waals surface area contributed by atoms with Crippen LogP contribution in [-0.4, -0.2) is 39.0 Å². The zero-order valence-corrected chi connectivity index (χ0v) is 11.3. The molecule has 0 heterocycles. The zero-order chi connectivity index (χ0) is 13.5. The van der Waals surface area contributed by atoms with Crippen molar-refractivity contribution in [2.75, 3.05) is 44.5 Å². The van der Waals surface area contributed by atoms with E-state index in [1.807, 2.05) is 11.0 Å². The van der Waals surface area contributed by atoms with E-state index in [-0.39, 0.29) is 6.61 Å². The Bertz CT molecular complexity index is 377. The molecule has 0 aliphatic heterocycles. The summed E-state index contributed by atoms with van der Waals surface area (Å²) in [5.74, 6) is 1.25. The fourth-order valence-corrected chi connectivity index (χ4v) is 1.90. The van der Waals surface area contributed by atoms with Gasteiger partial charge in [0, 0.05) is 25.2 Å². The maximum Gasteiger partial charge on any atom is 0.162 e. The third kappa shape index (κ3) is 3.20. The van der Waals surface area contributed by atoms with Crippen LogP contribution in [0.25, 0.3) is 0 Å². The largest absolute Gasteiger partial charge is 0.493 e. The highest BCUT2D eigenvalue weighted by Gasteiger charge is 2.14. The molecule has 18 heavy (non-hydrogen) atoms. The summed E-state index contributed by atoms with van der Waals surface area (Å²) < 4.78 is 10.5. The molecule has 0 saturated carbocycles. The van der Waals surface area contributed by atoms with Crippen LogP contribution in [0.15, 0.2) is 12.1 Å². The Balaban J connectivity index is 3.12. The number of hydrogen-bond donors (Lipinski definition) is 2. The summed E-state index contributed by atoms with van der Waals surface area (Å²) in [6.45, 7) is 3.56. The molecule has 102 valence electrons. The Labute approximate surface area is 108 Å². The van der Waals surface area contributed by atoms with Gasteiger partial charge < -0.3 is 25.2 Å². The molecule has 0 aliphatic carbocycles. The molecule has 0 aromatic heterocycles. The van der Waals surface area contributed by atoms with E-state index in [0.29, 0.717) is 23.7 Å². The lowest BCUT2D eigenvalue weighted by molar-refractivity contribution is 0.301. The zero-order valence-electron chi connectivity index (χ0n) is 11.3. The van der Waals surface area contributed by atoms with Gasteiger partial charge in [-0.3, -0.25) is 0 Å². The monoisotopic (exact) mass is 254 g/mol. The molecule has 0 fully saturated rings. The summed E-state index contributed by atoms with van der Waals surface area (Å²) in [6.07, 6.45) is 0.980. The molecule has 0 unspecified atom stereocenters. The minimum absolute atomic E-state index is 0.0911. The lowest BCUT2D eigenvalue weighted by atomic mass is 10.2. The average Bonchev–Trinajstić information content (AvgIpc) is 2.38. The average molecular weight is 254 g/mol. The third-order valence-corrected chi connectivity index (χ3v) is 2.74. The highest BCUT2D eigenvalue weighted by Crippen LogP contribution is 2.36. The number of rotatable bonds is 7. The molecule has 0 amide bonds. The van der Waals surface area contributed by atoms with Crippen molar-refractivity contribution >= 4 is 11.4 Å². The highest BCUT2D eigenvalue weighted by atomic mass is 16.5. The van der Waals surface area contributed by atoms with Gasteiger partial charge in [-0.25, -0.2) is 0 Å². The van der Waals surface area contributed by atoms with Crippen LogP contribution in [0.2, 0.25) is 0 Å². The summed E-state index contributed by atoms with van der Waals surface area (Å²) in [5.41, 5.74) is 7.51. The lowest BCUT2D eigenvalue weighted by Gasteiger charge is -2.25. The Morgan fingerprint density at radius 2 is 1.78 bits per heavy atom. The fourth-order valence-electron chi connectivity index (χ4n) is 1.90. The number of anilines is 2. The summed E-state index contributed by atoms with van der Waals surface area (Å²) in [4.78, 5) is 2.04. The first-order valence-corrected chi connectivity index (χ1v) is 6.05. The predicted octanol–water partition coefficient (Wildman–Crippen LogP) is 1.49. The molecule has 0 spiro atoms. The molecule has 0 atom stereocenters. The summed E-state index contributed by atoms with van der Waals surface area (Å²) in [7, 11) is 3.17. The number of nitrogens with two attached hydrogens (primary N) is 1. The molecule has 0 bridgehead atoms. The van der Waals surface area contributed by atoms with Gasteiger partial charge >= 0.3 is 0 Å². The minimum Gasteiger partial charge on any atom is -0.493 e. The minimum atomic E-state index is 0.0911. The van der Waals surface area contributed by atoms with E-state index in [9.17, 15) is 0 Å². The molecule has 1 aromatic carbocycles. The smallest absolute Gasteiger partial charge is 0.162 e. The maximum atomic E-state index is 9.10. The Morgan fingerprint density at radius 1 is 1.17 bits per heavy atom. The van der Waals surface area contributed by atoms with Gasteiger partial charge in [0.25, 0.3) is 0 Å². The van der Waals surface area contributed by atoms with E-state index < -0.39 is 0 Å². The van der Waals surface area contributed by atoms with Crippen molar-refractivity contribution in [3.63, 3.8) is 0 Å². The SMILES string of the molecule is CCCN(CCO)c1cc(OC)c(OC)cc1N. The molecule has 1 aromatic rings. The van der Waals surface area contributed by atoms with E-state index in [4.69, 9.17) is 20.3 Å². The van der Waals surface area contributed by atoms with E-state index >= 15 is 0 Å². The number of nitrogens with zero attached hydrogens (tertiary/aromatic N) is 1. The van der Waals surface area contributed by atoms with E-state index in [2.05, 4.69) is 6.92 Å². The molecule has 5 nitrogen and oxygen atoms in total. The number of benzene rings is 1. The Kier molecular flexibility index (Phi) is 5.58. The lowest BCUT2D eigenvalue weighted by Crippen LogP contribution is -2.28. The first-order valence-electron chi connectivity index (χ1n) is 6.05. The molecule has 0 radical (unpaired) electrons. The number of ether oxygens (including phenoxy) is 2. The van der Waals surface area contributed by atoms with Crippen molar-refractivity contribution in [1.29, 1.82) is 0 Å². The molecule has 5 heteroatoms. The van der Waals surface area contributed by atoms with Gasteiger partial charge in [-0.15, -0.1) is 0 Å². The second kappa shape index (κ2) is 6.96. The van der Waals surface area contributed by atoms with Crippen LogP contribution in [0.4, 0.5) is 11.4 Å². The molecular formula is C13H22N2O3. The Hall–Kier alpha value is -1.62. The normalized spacial score (nSPS) is 10.2. The first-order chi connectivity index (χ1) is 8.67. The second-order valence-electron chi connectivity index (χ2n) is 3.98. The van der Waals surface area contributed by atoms with Crippen LogP contribution in [0.3, 0.4) is 0 Å². The second-order valence-corrected chi connectivity index (χ2v) is 3.98. The first kappa shape index (κ1) is 14.4. The standard InChI is InChI=1S/C13H22N2O3/c1-4-5-15(6-7-16)11-9-13(18-3)12(17-2)8-10(11)14/h8-9,16H,4-7,14H2,1-3H3. The molecular weight excluding hydrogens is 232 g/mol.